The van der Waals surface area contributed by atoms with Crippen LogP contribution in [0.15, 0.2) is 18.2 Å². The summed E-state index contributed by atoms with van der Waals surface area (Å²) in [5.41, 5.74) is 1.43. The molecule has 2 aromatic rings. The number of fused-ring (bicyclic) bond motifs is 1. The summed E-state index contributed by atoms with van der Waals surface area (Å²) in [6.45, 7) is 2.09. The lowest BCUT2D eigenvalue weighted by atomic mass is 10.1. The number of benzene rings is 1. The Morgan fingerprint density at radius 3 is 2.50 bits per heavy atom. The first-order valence-electron chi connectivity index (χ1n) is 5.94. The van der Waals surface area contributed by atoms with Crippen LogP contribution in [0.1, 0.15) is 19.0 Å². The summed E-state index contributed by atoms with van der Waals surface area (Å²) in [6, 6.07) is 5.47. The Bertz CT molecular complexity index is 566. The molecule has 1 aromatic carbocycles. The molecule has 0 spiro atoms. The van der Waals surface area contributed by atoms with E-state index in [-0.39, 0.29) is 5.75 Å². The maximum atomic E-state index is 10.1. The van der Waals surface area contributed by atoms with E-state index in [1.54, 1.807) is 13.2 Å². The van der Waals surface area contributed by atoms with E-state index in [0.29, 0.717) is 11.3 Å². The minimum absolute atomic E-state index is 0.0613. The lowest BCUT2D eigenvalue weighted by Gasteiger charge is -2.11. The Balaban J connectivity index is 2.71. The van der Waals surface area contributed by atoms with Crippen molar-refractivity contribution in [2.75, 3.05) is 14.2 Å². The van der Waals surface area contributed by atoms with Crippen LogP contribution in [-0.4, -0.2) is 24.3 Å². The van der Waals surface area contributed by atoms with Crippen molar-refractivity contribution in [1.29, 1.82) is 0 Å². The molecule has 0 saturated carbocycles. The van der Waals surface area contributed by atoms with Crippen LogP contribution in [0.3, 0.4) is 0 Å². The van der Waals surface area contributed by atoms with E-state index in [2.05, 4.69) is 11.9 Å². The molecule has 0 bridgehead atoms. The van der Waals surface area contributed by atoms with Gasteiger partial charge in [-0.25, -0.2) is 4.98 Å². The summed E-state index contributed by atoms with van der Waals surface area (Å²) in [6.07, 6.45) is 1.84. The number of aromatic hydroxyl groups is 1. The molecule has 0 radical (unpaired) electrons. The largest absolute Gasteiger partial charge is 0.503 e. The van der Waals surface area contributed by atoms with Gasteiger partial charge in [0.1, 0.15) is 11.3 Å². The molecule has 4 nitrogen and oxygen atoms in total. The summed E-state index contributed by atoms with van der Waals surface area (Å²) in [5.74, 6) is 1.21. The molecule has 1 N–H and O–H groups in total. The number of aryl methyl sites for hydroxylation is 1. The van der Waals surface area contributed by atoms with E-state index < -0.39 is 0 Å². The van der Waals surface area contributed by atoms with Gasteiger partial charge in [0.2, 0.25) is 0 Å². The van der Waals surface area contributed by atoms with Crippen LogP contribution in [0.25, 0.3) is 10.9 Å². The lowest BCUT2D eigenvalue weighted by Crippen LogP contribution is -1.95. The quantitative estimate of drug-likeness (QED) is 0.902. The zero-order valence-corrected chi connectivity index (χ0v) is 10.9. The highest BCUT2D eigenvalue weighted by molar-refractivity contribution is 5.91. The average Bonchev–Trinajstić information content (AvgIpc) is 2.39. The second-order valence-electron chi connectivity index (χ2n) is 4.08. The van der Waals surface area contributed by atoms with Crippen molar-refractivity contribution in [1.82, 2.24) is 4.98 Å². The molecule has 0 saturated heterocycles. The minimum Gasteiger partial charge on any atom is -0.503 e. The molecule has 0 aliphatic rings. The third-order valence-corrected chi connectivity index (χ3v) is 2.88. The highest BCUT2D eigenvalue weighted by Crippen LogP contribution is 2.37. The van der Waals surface area contributed by atoms with Crippen LogP contribution < -0.4 is 9.47 Å². The predicted molar refractivity (Wildman–Crippen MR) is 70.5 cm³/mol. The number of phenols is 1. The molecule has 96 valence electrons. The molecular weight excluding hydrogens is 230 g/mol. The van der Waals surface area contributed by atoms with Crippen LogP contribution in [0.4, 0.5) is 0 Å². The smallest absolute Gasteiger partial charge is 0.184 e. The standard InChI is InChI=1S/C14H17NO3/c1-4-5-9-8-12(18-3)10-6-7-11(17-2)14(16)13(10)15-9/h6-8,16H,4-5H2,1-3H3. The number of nitrogens with zero attached hydrogens (tertiary/aromatic N) is 1. The van der Waals surface area contributed by atoms with Gasteiger partial charge >= 0.3 is 0 Å². The van der Waals surface area contributed by atoms with Crippen LogP contribution in [0, 0.1) is 0 Å². The molecule has 1 aromatic heterocycles. The van der Waals surface area contributed by atoms with E-state index in [0.717, 1.165) is 29.7 Å². The van der Waals surface area contributed by atoms with Crippen molar-refractivity contribution < 1.29 is 14.6 Å². The summed E-state index contributed by atoms with van der Waals surface area (Å²) in [7, 11) is 3.14. The first-order valence-corrected chi connectivity index (χ1v) is 5.94. The molecule has 4 heteroatoms. The Morgan fingerprint density at radius 2 is 1.89 bits per heavy atom. The number of methoxy groups -OCH3 is 2. The van der Waals surface area contributed by atoms with Crippen molar-refractivity contribution in [2.45, 2.75) is 19.8 Å². The zero-order chi connectivity index (χ0) is 13.1. The highest BCUT2D eigenvalue weighted by atomic mass is 16.5. The van der Waals surface area contributed by atoms with E-state index >= 15 is 0 Å². The van der Waals surface area contributed by atoms with Crippen molar-refractivity contribution in [3.8, 4) is 17.2 Å². The number of hydrogen-bond donors (Lipinski definition) is 1. The van der Waals surface area contributed by atoms with E-state index in [1.165, 1.54) is 7.11 Å². The van der Waals surface area contributed by atoms with Crippen LogP contribution in [-0.2, 0) is 6.42 Å². The van der Waals surface area contributed by atoms with Crippen molar-refractivity contribution >= 4 is 10.9 Å². The van der Waals surface area contributed by atoms with Crippen molar-refractivity contribution in [3.63, 3.8) is 0 Å². The van der Waals surface area contributed by atoms with Crippen LogP contribution >= 0.6 is 0 Å². The van der Waals surface area contributed by atoms with Gasteiger partial charge in [0.15, 0.2) is 11.5 Å². The van der Waals surface area contributed by atoms with Crippen molar-refractivity contribution in [3.05, 3.63) is 23.9 Å². The molecule has 0 unspecified atom stereocenters. The number of rotatable bonds is 4. The molecule has 0 aliphatic heterocycles. The number of phenolic OH excluding ortho intramolecular Hbond substituents is 1. The Labute approximate surface area is 106 Å². The summed E-state index contributed by atoms with van der Waals surface area (Å²) in [4.78, 5) is 4.47. The maximum Gasteiger partial charge on any atom is 0.184 e. The average molecular weight is 247 g/mol. The first kappa shape index (κ1) is 12.5. The topological polar surface area (TPSA) is 51.6 Å². The second kappa shape index (κ2) is 5.12. The van der Waals surface area contributed by atoms with Gasteiger partial charge in [0.25, 0.3) is 0 Å². The molecule has 18 heavy (non-hydrogen) atoms. The molecule has 2 rings (SSSR count). The fourth-order valence-corrected chi connectivity index (χ4v) is 2.00. The summed E-state index contributed by atoms with van der Waals surface area (Å²) >= 11 is 0. The monoisotopic (exact) mass is 247 g/mol. The maximum absolute atomic E-state index is 10.1. The SMILES string of the molecule is CCCc1cc(OC)c2ccc(OC)c(O)c2n1. The second-order valence-corrected chi connectivity index (χ2v) is 4.08. The third-order valence-electron chi connectivity index (χ3n) is 2.88. The molecule has 0 aliphatic carbocycles. The van der Waals surface area contributed by atoms with Gasteiger partial charge in [-0.05, 0) is 18.6 Å². The lowest BCUT2D eigenvalue weighted by molar-refractivity contribution is 0.375. The predicted octanol–water partition coefficient (Wildman–Crippen LogP) is 2.91. The highest BCUT2D eigenvalue weighted by Gasteiger charge is 2.13. The zero-order valence-electron chi connectivity index (χ0n) is 10.9. The molecular formula is C14H17NO3. The number of aromatic nitrogens is 1. The molecule has 1 heterocycles. The number of pyridine rings is 1. The van der Waals surface area contributed by atoms with Gasteiger partial charge in [0.05, 0.1) is 14.2 Å². The van der Waals surface area contributed by atoms with Gasteiger partial charge in [-0.1, -0.05) is 13.3 Å². The fraction of sp³-hybridized carbons (Fsp3) is 0.357. The molecule has 0 amide bonds. The number of ether oxygens (including phenoxy) is 2. The number of hydrogen-bond acceptors (Lipinski definition) is 4. The molecule has 0 atom stereocenters. The summed E-state index contributed by atoms with van der Waals surface area (Å²) < 4.78 is 10.4. The Hall–Kier alpha value is -1.97. The van der Waals surface area contributed by atoms with Gasteiger partial charge in [-0.2, -0.15) is 0 Å². The van der Waals surface area contributed by atoms with E-state index in [9.17, 15) is 5.11 Å². The van der Waals surface area contributed by atoms with Crippen LogP contribution in [0.2, 0.25) is 0 Å². The van der Waals surface area contributed by atoms with Gasteiger partial charge in [-0.3, -0.25) is 0 Å². The van der Waals surface area contributed by atoms with E-state index in [1.807, 2.05) is 12.1 Å². The Kier molecular flexibility index (Phi) is 3.55. The normalized spacial score (nSPS) is 10.6. The van der Waals surface area contributed by atoms with Gasteiger partial charge < -0.3 is 14.6 Å². The van der Waals surface area contributed by atoms with Gasteiger partial charge in [-0.15, -0.1) is 0 Å². The fourth-order valence-electron chi connectivity index (χ4n) is 2.00. The van der Waals surface area contributed by atoms with Crippen LogP contribution in [0.5, 0.6) is 17.2 Å². The summed E-state index contributed by atoms with van der Waals surface area (Å²) in [5, 5.41) is 10.9. The Morgan fingerprint density at radius 1 is 1.17 bits per heavy atom. The van der Waals surface area contributed by atoms with Gasteiger partial charge in [0, 0.05) is 17.1 Å². The third kappa shape index (κ3) is 2.06. The first-order chi connectivity index (χ1) is 8.71. The van der Waals surface area contributed by atoms with Crippen molar-refractivity contribution in [2.24, 2.45) is 0 Å². The molecule has 0 fully saturated rings. The minimum atomic E-state index is 0.0613. The van der Waals surface area contributed by atoms with E-state index in [4.69, 9.17) is 9.47 Å².